The topological polar surface area (TPSA) is 6.25 Å². The number of hydrogen-bond donors (Lipinski definition) is 0. The van der Waals surface area contributed by atoms with Crippen molar-refractivity contribution in [1.82, 2.24) is 4.90 Å². The van der Waals surface area contributed by atoms with Gasteiger partial charge < -0.3 is 4.90 Å². The molecule has 0 aromatic carbocycles. The number of nitrogens with zero attached hydrogens (tertiary/aromatic N) is 2. The zero-order chi connectivity index (χ0) is 29.3. The Balaban J connectivity index is 0.000000532. The van der Waals surface area contributed by atoms with Crippen LogP contribution in [0.2, 0.25) is 0 Å². The second-order valence-electron chi connectivity index (χ2n) is 10.7. The molecule has 3 aliphatic rings. The number of thioether (sulfide) groups is 1. The molecule has 0 bridgehead atoms. The minimum atomic E-state index is -10.7. The fraction of sp³-hybridized carbons (Fsp3) is 0.407. The zero-order valence-electron chi connectivity index (χ0n) is 22.5. The van der Waals surface area contributed by atoms with Gasteiger partial charge in [-0.05, 0) is 77.2 Å². The molecule has 0 unspecified atom stereocenters. The van der Waals surface area contributed by atoms with Crippen molar-refractivity contribution in [3.63, 3.8) is 0 Å². The maximum absolute atomic E-state index is 10.7. The summed E-state index contributed by atoms with van der Waals surface area (Å²) in [6, 6.07) is 4.47. The van der Waals surface area contributed by atoms with E-state index in [1.165, 1.54) is 55.7 Å². The minimum absolute atomic E-state index is 0.0994. The molecular formula is C27H33F6N2PS3. The quantitative estimate of drug-likeness (QED) is 0.140. The molecule has 0 saturated carbocycles. The van der Waals surface area contributed by atoms with Gasteiger partial charge in [0, 0.05) is 35.0 Å². The van der Waals surface area contributed by atoms with E-state index in [4.69, 9.17) is 12.2 Å². The SMILES string of the molecule is C[N+](C)=C1C=CC(=C2C=C(c3ccc(C(=S)N4CCCCC4)s3)C=C(C(C)(C)C)S2)C=C1.F[P-](F)(F)(F)(F)F. The molecule has 0 N–H and O–H groups in total. The number of thiophene rings is 1. The average molecular weight is 627 g/mol. The third-order valence-electron chi connectivity index (χ3n) is 5.95. The summed E-state index contributed by atoms with van der Waals surface area (Å²) < 4.78 is 61.3. The van der Waals surface area contributed by atoms with Gasteiger partial charge in [0.15, 0.2) is 5.71 Å². The van der Waals surface area contributed by atoms with E-state index in [0.29, 0.717) is 0 Å². The molecule has 2 nitrogen and oxygen atoms in total. The van der Waals surface area contributed by atoms with Crippen LogP contribution in [0.4, 0.5) is 25.2 Å². The predicted molar refractivity (Wildman–Crippen MR) is 161 cm³/mol. The molecule has 1 fully saturated rings. The third-order valence-corrected chi connectivity index (χ3v) is 9.22. The molecule has 39 heavy (non-hydrogen) atoms. The molecule has 3 heterocycles. The van der Waals surface area contributed by atoms with Crippen molar-refractivity contribution in [3.8, 4) is 0 Å². The average Bonchev–Trinajstić information content (AvgIpc) is 3.32. The molecule has 0 amide bonds. The molecule has 0 radical (unpaired) electrons. The standard InChI is InChI=1S/C27H33N2S3.F6P/c1-27(2,3)25-18-20(17-24(32-25)19-9-11-21(12-10-19)28(4)5)22-13-14-23(31-22)26(30)29-15-7-6-8-16-29;1-7(2,3,4,5)6/h9-14,17-18H,6-8,15-16H2,1-5H3;/q+1;-1. The van der Waals surface area contributed by atoms with Crippen LogP contribution in [0.5, 0.6) is 0 Å². The molecule has 1 aromatic heterocycles. The maximum atomic E-state index is 9.87. The fourth-order valence-electron chi connectivity index (χ4n) is 3.94. The Hall–Kier alpha value is -1.68. The van der Waals surface area contributed by atoms with Gasteiger partial charge in [0.2, 0.25) is 0 Å². The van der Waals surface area contributed by atoms with Crippen molar-refractivity contribution in [2.45, 2.75) is 40.0 Å². The Labute approximate surface area is 239 Å². The summed E-state index contributed by atoms with van der Waals surface area (Å²) in [5.41, 5.74) is 3.88. The Morgan fingerprint density at radius 3 is 1.97 bits per heavy atom. The van der Waals surface area contributed by atoms with E-state index in [9.17, 15) is 25.2 Å². The van der Waals surface area contributed by atoms with Gasteiger partial charge in [-0.25, -0.2) is 4.58 Å². The molecule has 1 saturated heterocycles. The van der Waals surface area contributed by atoms with Crippen molar-refractivity contribution < 1.29 is 29.8 Å². The first-order valence-corrected chi connectivity index (χ1v) is 16.5. The van der Waals surface area contributed by atoms with Gasteiger partial charge in [0.25, 0.3) is 0 Å². The number of hydrogen-bond acceptors (Lipinski definition) is 3. The Bertz CT molecular complexity index is 1280. The first-order valence-electron chi connectivity index (χ1n) is 12.4. The predicted octanol–water partition coefficient (Wildman–Crippen LogP) is 10.4. The van der Waals surface area contributed by atoms with E-state index in [0.717, 1.165) is 18.1 Å². The summed E-state index contributed by atoms with van der Waals surface area (Å²) in [5, 5.41) is 0. The molecule has 0 atom stereocenters. The van der Waals surface area contributed by atoms with Gasteiger partial charge in [-0.3, -0.25) is 0 Å². The van der Waals surface area contributed by atoms with E-state index in [-0.39, 0.29) is 5.41 Å². The van der Waals surface area contributed by atoms with Crippen LogP contribution in [-0.4, -0.2) is 47.4 Å². The molecule has 1 aliphatic carbocycles. The van der Waals surface area contributed by atoms with Gasteiger partial charge in [0.1, 0.15) is 19.1 Å². The first-order chi connectivity index (χ1) is 17.7. The van der Waals surface area contributed by atoms with Crippen molar-refractivity contribution in [1.29, 1.82) is 0 Å². The normalized spacial score (nSPS) is 20.0. The molecule has 216 valence electrons. The molecule has 12 heteroatoms. The molecule has 0 spiro atoms. The van der Waals surface area contributed by atoms with E-state index < -0.39 is 7.81 Å². The van der Waals surface area contributed by atoms with Crippen LogP contribution >= 0.6 is 43.1 Å². The molecule has 2 aliphatic heterocycles. The number of allylic oxidation sites excluding steroid dienone is 9. The van der Waals surface area contributed by atoms with Gasteiger partial charge >= 0.3 is 33.0 Å². The monoisotopic (exact) mass is 626 g/mol. The summed E-state index contributed by atoms with van der Waals surface area (Å²) in [4.78, 5) is 8.64. The van der Waals surface area contributed by atoms with Gasteiger partial charge in [-0.1, -0.05) is 44.8 Å². The summed E-state index contributed by atoms with van der Waals surface area (Å²) in [7, 11) is -6.49. The summed E-state index contributed by atoms with van der Waals surface area (Å²) >= 11 is 9.59. The number of thiocarbonyl (C=S) groups is 1. The van der Waals surface area contributed by atoms with E-state index in [2.05, 4.69) is 92.9 Å². The first kappa shape index (κ1) is 31.8. The Kier molecular flexibility index (Phi) is 8.94. The Morgan fingerprint density at radius 2 is 1.46 bits per heavy atom. The summed E-state index contributed by atoms with van der Waals surface area (Å²) in [5.74, 6) is 0. The number of rotatable bonds is 2. The number of likely N-dealkylation sites (tertiary alicyclic amines) is 1. The summed E-state index contributed by atoms with van der Waals surface area (Å²) in [6.07, 6.45) is 17.4. The van der Waals surface area contributed by atoms with Crippen molar-refractivity contribution in [3.05, 3.63) is 73.7 Å². The molecular weight excluding hydrogens is 593 g/mol. The van der Waals surface area contributed by atoms with Crippen LogP contribution in [0.25, 0.3) is 5.57 Å². The molecule has 4 rings (SSSR count). The van der Waals surface area contributed by atoms with Gasteiger partial charge in [0.05, 0.1) is 4.88 Å². The van der Waals surface area contributed by atoms with Crippen molar-refractivity contribution in [2.75, 3.05) is 27.2 Å². The van der Waals surface area contributed by atoms with Crippen molar-refractivity contribution >= 4 is 59.4 Å². The Morgan fingerprint density at radius 1 is 0.897 bits per heavy atom. The van der Waals surface area contributed by atoms with Crippen LogP contribution in [0, 0.1) is 5.41 Å². The van der Waals surface area contributed by atoms with Crippen LogP contribution in [0.3, 0.4) is 0 Å². The van der Waals surface area contributed by atoms with E-state index in [1.807, 2.05) is 23.1 Å². The number of halogens is 6. The molecule has 1 aromatic rings. The van der Waals surface area contributed by atoms with Crippen molar-refractivity contribution in [2.24, 2.45) is 5.41 Å². The summed E-state index contributed by atoms with van der Waals surface area (Å²) in [6.45, 7) is 9.09. The van der Waals surface area contributed by atoms with Gasteiger partial charge in [-0.2, -0.15) is 0 Å². The zero-order valence-corrected chi connectivity index (χ0v) is 25.8. The third kappa shape index (κ3) is 10.7. The van der Waals surface area contributed by atoms with Crippen LogP contribution < -0.4 is 0 Å². The second kappa shape index (κ2) is 11.0. The van der Waals surface area contributed by atoms with E-state index in [1.54, 1.807) is 0 Å². The van der Waals surface area contributed by atoms with Crippen LogP contribution in [-0.2, 0) is 0 Å². The van der Waals surface area contributed by atoms with E-state index >= 15 is 0 Å². The van der Waals surface area contributed by atoms with Crippen LogP contribution in [0.1, 0.15) is 49.8 Å². The number of piperidine rings is 1. The van der Waals surface area contributed by atoms with Gasteiger partial charge in [-0.15, -0.1) is 11.3 Å². The second-order valence-corrected chi connectivity index (χ2v) is 15.2. The fourth-order valence-corrected chi connectivity index (χ4v) is 6.45. The van der Waals surface area contributed by atoms with Crippen LogP contribution in [0.15, 0.2) is 64.0 Å².